The number of aliphatic hydroxyl groups is 1. The average Bonchev–Trinajstić information content (AvgIpc) is 3.24. The van der Waals surface area contributed by atoms with Crippen LogP contribution in [0.15, 0.2) is 48.5 Å². The summed E-state index contributed by atoms with van der Waals surface area (Å²) >= 11 is 0. The Hall–Kier alpha value is -3.19. The number of hydrogen-bond acceptors (Lipinski definition) is 4. The molecule has 0 bridgehead atoms. The topological polar surface area (TPSA) is 113 Å². The molecule has 150 valence electrons. The van der Waals surface area contributed by atoms with Crippen LogP contribution in [0.5, 0.6) is 0 Å². The van der Waals surface area contributed by atoms with Gasteiger partial charge in [-0.1, -0.05) is 48.5 Å². The summed E-state index contributed by atoms with van der Waals surface area (Å²) in [6.07, 6.45) is -0.635. The van der Waals surface area contributed by atoms with E-state index in [1.807, 2.05) is 48.5 Å². The van der Waals surface area contributed by atoms with Crippen molar-refractivity contribution in [3.8, 4) is 11.1 Å². The fourth-order valence-electron chi connectivity index (χ4n) is 4.53. The van der Waals surface area contributed by atoms with Gasteiger partial charge in [0.15, 0.2) is 0 Å². The summed E-state index contributed by atoms with van der Waals surface area (Å²) in [6.45, 7) is 1.46. The number of primary amides is 1. The fraction of sp³-hybridized carbons (Fsp3) is 0.318. The number of carbonyl (C=O) groups excluding carboxylic acids is 3. The zero-order valence-corrected chi connectivity index (χ0v) is 16.0. The first-order valence-electron chi connectivity index (χ1n) is 9.61. The number of hydrogen-bond donors (Lipinski definition) is 3. The predicted molar refractivity (Wildman–Crippen MR) is 107 cm³/mol. The van der Waals surface area contributed by atoms with Gasteiger partial charge in [0.2, 0.25) is 17.7 Å². The maximum Gasteiger partial charge on any atom is 0.243 e. The normalized spacial score (nSPS) is 21.4. The Bertz CT molecular complexity index is 944. The average molecular weight is 393 g/mol. The van der Waals surface area contributed by atoms with Gasteiger partial charge in [-0.25, -0.2) is 0 Å². The number of β-amino-alcohol motifs (C(OH)–C–C–N with tert-alkyl or cyclic N) is 1. The van der Waals surface area contributed by atoms with Crippen molar-refractivity contribution in [3.63, 3.8) is 0 Å². The van der Waals surface area contributed by atoms with Crippen LogP contribution >= 0.6 is 0 Å². The first kappa shape index (κ1) is 19.1. The van der Waals surface area contributed by atoms with Gasteiger partial charge in [0.25, 0.3) is 0 Å². The molecule has 3 atom stereocenters. The van der Waals surface area contributed by atoms with Crippen LogP contribution in [0, 0.1) is 0 Å². The van der Waals surface area contributed by atoms with Crippen molar-refractivity contribution in [2.75, 3.05) is 6.54 Å². The highest BCUT2D eigenvalue weighted by Crippen LogP contribution is 2.46. The van der Waals surface area contributed by atoms with E-state index in [9.17, 15) is 19.5 Å². The highest BCUT2D eigenvalue weighted by Gasteiger charge is 2.42. The highest BCUT2D eigenvalue weighted by molar-refractivity contribution is 5.94. The van der Waals surface area contributed by atoms with Crippen LogP contribution in [0.2, 0.25) is 0 Å². The van der Waals surface area contributed by atoms with Crippen molar-refractivity contribution in [1.29, 1.82) is 0 Å². The lowest BCUT2D eigenvalue weighted by Gasteiger charge is -2.28. The molecule has 0 radical (unpaired) electrons. The van der Waals surface area contributed by atoms with Gasteiger partial charge in [-0.3, -0.25) is 14.4 Å². The summed E-state index contributed by atoms with van der Waals surface area (Å²) in [7, 11) is 0. The molecule has 4 N–H and O–H groups in total. The van der Waals surface area contributed by atoms with Crippen LogP contribution < -0.4 is 11.1 Å². The van der Waals surface area contributed by atoms with E-state index < -0.39 is 35.9 Å². The number of carbonyl (C=O) groups is 3. The van der Waals surface area contributed by atoms with E-state index >= 15 is 0 Å². The largest absolute Gasteiger partial charge is 0.391 e. The molecule has 2 aromatic rings. The Morgan fingerprint density at radius 1 is 1.07 bits per heavy atom. The summed E-state index contributed by atoms with van der Waals surface area (Å²) in [5.74, 6) is -1.85. The number of nitrogens with one attached hydrogen (secondary N) is 1. The quantitative estimate of drug-likeness (QED) is 0.711. The number of rotatable bonds is 4. The smallest absolute Gasteiger partial charge is 0.243 e. The lowest BCUT2D eigenvalue weighted by atomic mass is 9.88. The lowest BCUT2D eigenvalue weighted by Crippen LogP contribution is -2.54. The Morgan fingerprint density at radius 2 is 1.62 bits per heavy atom. The summed E-state index contributed by atoms with van der Waals surface area (Å²) < 4.78 is 0. The lowest BCUT2D eigenvalue weighted by molar-refractivity contribution is -0.138. The van der Waals surface area contributed by atoms with E-state index in [2.05, 4.69) is 5.32 Å². The molecule has 3 amide bonds. The molecule has 0 saturated carbocycles. The van der Waals surface area contributed by atoms with E-state index in [1.165, 1.54) is 11.8 Å². The molecule has 2 aliphatic rings. The summed E-state index contributed by atoms with van der Waals surface area (Å²) in [6, 6.07) is 13.7. The molecule has 7 nitrogen and oxygen atoms in total. The molecule has 29 heavy (non-hydrogen) atoms. The fourth-order valence-corrected chi connectivity index (χ4v) is 4.53. The third kappa shape index (κ3) is 3.27. The standard InChI is InChI=1S/C22H23N3O4/c1-12(26)25-11-13(27)10-18(25)22(29)24-20(21(23)28)19-16-8-4-2-6-14(16)15-7-3-5-9-17(15)19/h2-9,13,18-20,27H,10-11H2,1H3,(H2,23,28)(H,24,29)/t13-,18+,20+/m1/s1. The third-order valence-corrected chi connectivity index (χ3v) is 5.81. The number of likely N-dealkylation sites (tertiary alicyclic amines) is 1. The minimum atomic E-state index is -0.973. The summed E-state index contributed by atoms with van der Waals surface area (Å²) in [5.41, 5.74) is 9.58. The zero-order valence-electron chi connectivity index (χ0n) is 16.0. The van der Waals surface area contributed by atoms with Crippen LogP contribution in [0.1, 0.15) is 30.4 Å². The van der Waals surface area contributed by atoms with Crippen molar-refractivity contribution in [2.45, 2.75) is 37.5 Å². The molecule has 0 spiro atoms. The Balaban J connectivity index is 1.68. The van der Waals surface area contributed by atoms with E-state index in [0.717, 1.165) is 22.3 Å². The van der Waals surface area contributed by atoms with Crippen LogP contribution in [0.3, 0.4) is 0 Å². The molecule has 0 unspecified atom stereocenters. The number of nitrogens with zero attached hydrogens (tertiary/aromatic N) is 1. The van der Waals surface area contributed by atoms with Gasteiger partial charge < -0.3 is 21.1 Å². The molecular formula is C22H23N3O4. The van der Waals surface area contributed by atoms with E-state index in [4.69, 9.17) is 5.73 Å². The van der Waals surface area contributed by atoms with Gasteiger partial charge in [0, 0.05) is 25.8 Å². The van der Waals surface area contributed by atoms with Crippen LogP contribution in [0.4, 0.5) is 0 Å². The van der Waals surface area contributed by atoms with Crippen molar-refractivity contribution in [3.05, 3.63) is 59.7 Å². The van der Waals surface area contributed by atoms with Gasteiger partial charge in [-0.05, 0) is 22.3 Å². The van der Waals surface area contributed by atoms with Gasteiger partial charge in [0.05, 0.1) is 6.10 Å². The molecule has 7 heteroatoms. The Labute approximate surface area is 168 Å². The van der Waals surface area contributed by atoms with Crippen molar-refractivity contribution < 1.29 is 19.5 Å². The van der Waals surface area contributed by atoms with Crippen molar-refractivity contribution in [2.24, 2.45) is 5.73 Å². The second-order valence-corrected chi connectivity index (χ2v) is 7.62. The van der Waals surface area contributed by atoms with Gasteiger partial charge >= 0.3 is 0 Å². The summed E-state index contributed by atoms with van der Waals surface area (Å²) in [5, 5.41) is 12.7. The predicted octanol–water partition coefficient (Wildman–Crippen LogP) is 0.751. The monoisotopic (exact) mass is 393 g/mol. The number of aliphatic hydroxyl groups excluding tert-OH is 1. The Kier molecular flexibility index (Phi) is 4.84. The first-order valence-corrected chi connectivity index (χ1v) is 9.61. The third-order valence-electron chi connectivity index (χ3n) is 5.81. The van der Waals surface area contributed by atoms with E-state index in [0.29, 0.717) is 0 Å². The van der Waals surface area contributed by atoms with Crippen LogP contribution in [-0.2, 0) is 14.4 Å². The Morgan fingerprint density at radius 3 is 2.14 bits per heavy atom. The molecule has 2 aromatic carbocycles. The van der Waals surface area contributed by atoms with Gasteiger partial charge in [0.1, 0.15) is 12.1 Å². The highest BCUT2D eigenvalue weighted by atomic mass is 16.3. The molecule has 1 aliphatic heterocycles. The number of amides is 3. The number of benzene rings is 2. The van der Waals surface area contributed by atoms with E-state index in [-0.39, 0.29) is 18.9 Å². The van der Waals surface area contributed by atoms with Crippen LogP contribution in [-0.4, -0.2) is 52.5 Å². The first-order chi connectivity index (χ1) is 13.9. The van der Waals surface area contributed by atoms with Crippen molar-refractivity contribution in [1.82, 2.24) is 10.2 Å². The number of fused-ring (bicyclic) bond motifs is 3. The maximum absolute atomic E-state index is 13.0. The second-order valence-electron chi connectivity index (χ2n) is 7.62. The maximum atomic E-state index is 13.0. The SMILES string of the molecule is CC(=O)N1C[C@H](O)C[C@H]1C(=O)N[C@H](C(N)=O)C1c2ccccc2-c2ccccc21. The molecule has 1 fully saturated rings. The number of nitrogens with two attached hydrogens (primary N) is 1. The molecule has 1 saturated heterocycles. The molecule has 1 aliphatic carbocycles. The van der Waals surface area contributed by atoms with Gasteiger partial charge in [-0.15, -0.1) is 0 Å². The minimum absolute atomic E-state index is 0.101. The molecular weight excluding hydrogens is 370 g/mol. The second kappa shape index (κ2) is 7.33. The summed E-state index contributed by atoms with van der Waals surface area (Å²) in [4.78, 5) is 38.6. The van der Waals surface area contributed by atoms with E-state index in [1.54, 1.807) is 0 Å². The van der Waals surface area contributed by atoms with Crippen molar-refractivity contribution >= 4 is 17.7 Å². The van der Waals surface area contributed by atoms with Gasteiger partial charge in [-0.2, -0.15) is 0 Å². The molecule has 0 aromatic heterocycles. The molecule has 4 rings (SSSR count). The minimum Gasteiger partial charge on any atom is -0.391 e. The van der Waals surface area contributed by atoms with Crippen LogP contribution in [0.25, 0.3) is 11.1 Å². The molecule has 1 heterocycles. The zero-order chi connectivity index (χ0) is 20.7.